The van der Waals surface area contributed by atoms with Crippen molar-refractivity contribution in [2.75, 3.05) is 13.1 Å². The molecule has 1 aliphatic rings. The fourth-order valence-electron chi connectivity index (χ4n) is 4.10. The molecule has 182 valence electrons. The van der Waals surface area contributed by atoms with Crippen LogP contribution in [0.1, 0.15) is 23.0 Å². The lowest BCUT2D eigenvalue weighted by Crippen LogP contribution is -2.60. The van der Waals surface area contributed by atoms with E-state index in [2.05, 4.69) is 20.4 Å². The Morgan fingerprint density at radius 1 is 1.26 bits per heavy atom. The number of amides is 1. The predicted molar refractivity (Wildman–Crippen MR) is 120 cm³/mol. The molecule has 1 aromatic carbocycles. The topological polar surface area (TPSA) is 105 Å². The van der Waals surface area contributed by atoms with Crippen molar-refractivity contribution in [1.82, 2.24) is 29.8 Å². The Bertz CT molecular complexity index is 1450. The monoisotopic (exact) mass is 486 g/mol. The number of rotatable bonds is 7. The quantitative estimate of drug-likeness (QED) is 0.416. The maximum atomic E-state index is 15.2. The number of halogens is 3. The molecule has 3 aromatic heterocycles. The second-order valence-electron chi connectivity index (χ2n) is 8.32. The van der Waals surface area contributed by atoms with E-state index in [1.165, 1.54) is 23.0 Å². The molecule has 0 spiro atoms. The van der Waals surface area contributed by atoms with Gasteiger partial charge in [0.05, 0.1) is 24.5 Å². The minimum Gasteiger partial charge on any atom is -0.486 e. The van der Waals surface area contributed by atoms with Crippen molar-refractivity contribution >= 4 is 22.5 Å². The van der Waals surface area contributed by atoms with E-state index in [4.69, 9.17) is 4.74 Å². The number of hydrogen-bond acceptors (Lipinski definition) is 6. The Morgan fingerprint density at radius 2 is 2.09 bits per heavy atom. The molecule has 1 aliphatic heterocycles. The van der Waals surface area contributed by atoms with Crippen LogP contribution >= 0.6 is 0 Å². The van der Waals surface area contributed by atoms with Crippen LogP contribution in [0.3, 0.4) is 0 Å². The highest BCUT2D eigenvalue weighted by molar-refractivity contribution is 5.92. The lowest BCUT2D eigenvalue weighted by atomic mass is 9.99. The van der Waals surface area contributed by atoms with Crippen LogP contribution in [-0.4, -0.2) is 62.0 Å². The van der Waals surface area contributed by atoms with Crippen molar-refractivity contribution in [2.45, 2.75) is 32.0 Å². The Kier molecular flexibility index (Phi) is 5.89. The molecule has 12 heteroatoms. The van der Waals surface area contributed by atoms with Crippen LogP contribution in [0.2, 0.25) is 0 Å². The number of aromatic amines is 1. The predicted octanol–water partition coefficient (Wildman–Crippen LogP) is 2.36. The van der Waals surface area contributed by atoms with Gasteiger partial charge in [-0.25, -0.2) is 22.7 Å². The summed E-state index contributed by atoms with van der Waals surface area (Å²) in [6, 6.07) is 7.89. The second-order valence-corrected chi connectivity index (χ2v) is 8.32. The summed E-state index contributed by atoms with van der Waals surface area (Å²) in [5, 5.41) is 6.19. The number of fused-ring (bicyclic) bond motifs is 3. The van der Waals surface area contributed by atoms with Crippen LogP contribution < -0.4 is 15.6 Å². The fraction of sp³-hybridized carbons (Fsp3) is 0.304. The summed E-state index contributed by atoms with van der Waals surface area (Å²) >= 11 is 0. The zero-order chi connectivity index (χ0) is 24.7. The van der Waals surface area contributed by atoms with Gasteiger partial charge in [0.2, 0.25) is 0 Å². The first-order valence-corrected chi connectivity index (χ1v) is 10.9. The average molecular weight is 486 g/mol. The molecule has 2 atom stereocenters. The maximum absolute atomic E-state index is 15.2. The van der Waals surface area contributed by atoms with Gasteiger partial charge in [0.25, 0.3) is 17.9 Å². The van der Waals surface area contributed by atoms with Gasteiger partial charge in [0.1, 0.15) is 28.6 Å². The molecule has 4 aromatic rings. The van der Waals surface area contributed by atoms with Gasteiger partial charge in [-0.15, -0.1) is 0 Å². The normalized spacial score (nSPS) is 18.2. The van der Waals surface area contributed by atoms with Gasteiger partial charge >= 0.3 is 0 Å². The molecule has 1 saturated heterocycles. The number of carbonyl (C=O) groups is 1. The molecular formula is C23H21F3N6O3. The van der Waals surface area contributed by atoms with E-state index in [1.807, 2.05) is 11.8 Å². The largest absolute Gasteiger partial charge is 0.486 e. The summed E-state index contributed by atoms with van der Waals surface area (Å²) in [7, 11) is 0. The van der Waals surface area contributed by atoms with Crippen LogP contribution in [0, 0.1) is 5.82 Å². The van der Waals surface area contributed by atoms with E-state index >= 15 is 4.39 Å². The van der Waals surface area contributed by atoms with E-state index in [0.29, 0.717) is 35.4 Å². The minimum atomic E-state index is -2.64. The molecule has 0 saturated carbocycles. The molecule has 1 amide bonds. The van der Waals surface area contributed by atoms with Crippen molar-refractivity contribution in [2.24, 2.45) is 0 Å². The Balaban J connectivity index is 1.23. The fourth-order valence-corrected chi connectivity index (χ4v) is 4.10. The zero-order valence-electron chi connectivity index (χ0n) is 18.5. The SMILES string of the molecule is C[C@@H]1[C@@H](Oc2ccc(C(=O)NCC(F)F)nc2)CN1Cc1ccc2c([nH]c(=O)c3ccnn32)c1F. The molecule has 1 fully saturated rings. The summed E-state index contributed by atoms with van der Waals surface area (Å²) in [5.74, 6) is -0.754. The standard InChI is InChI=1S/C23H21F3N6O3/c1-12-18(35-14-3-4-15(27-8-14)22(33)28-9-19(24)25)11-31(12)10-13-2-5-16-21(20(13)26)30-23(34)17-6-7-29-32(16)17/h2-8,12,18-19H,9-11H2,1H3,(H,28,33)(H,30,34)/t12-,18+/m1/s1. The number of aromatic nitrogens is 4. The summed E-state index contributed by atoms with van der Waals surface area (Å²) < 4.78 is 47.0. The third kappa shape index (κ3) is 4.32. The molecular weight excluding hydrogens is 465 g/mol. The number of carbonyl (C=O) groups excluding carboxylic acids is 1. The molecule has 4 heterocycles. The Hall–Kier alpha value is -3.93. The van der Waals surface area contributed by atoms with Crippen molar-refractivity contribution in [1.29, 1.82) is 0 Å². The lowest BCUT2D eigenvalue weighted by Gasteiger charge is -2.45. The van der Waals surface area contributed by atoms with Gasteiger partial charge in [0, 0.05) is 24.7 Å². The zero-order valence-corrected chi connectivity index (χ0v) is 18.5. The molecule has 9 nitrogen and oxygen atoms in total. The van der Waals surface area contributed by atoms with Gasteiger partial charge in [-0.3, -0.25) is 14.5 Å². The van der Waals surface area contributed by atoms with Crippen LogP contribution in [0.25, 0.3) is 16.6 Å². The first kappa shape index (κ1) is 22.8. The van der Waals surface area contributed by atoms with E-state index in [9.17, 15) is 18.4 Å². The molecule has 0 bridgehead atoms. The average Bonchev–Trinajstić information content (AvgIpc) is 3.35. The number of benzene rings is 1. The van der Waals surface area contributed by atoms with Crippen molar-refractivity contribution in [3.8, 4) is 5.75 Å². The van der Waals surface area contributed by atoms with Crippen LogP contribution in [0.15, 0.2) is 47.5 Å². The highest BCUT2D eigenvalue weighted by Crippen LogP contribution is 2.28. The summed E-state index contributed by atoms with van der Waals surface area (Å²) in [6.07, 6.45) is 0.0371. The minimum absolute atomic E-state index is 0.0125. The number of nitrogens with one attached hydrogen (secondary N) is 2. The first-order chi connectivity index (χ1) is 16.8. The molecule has 0 radical (unpaired) electrons. The summed E-state index contributed by atoms with van der Waals surface area (Å²) in [6.45, 7) is 2.06. The van der Waals surface area contributed by atoms with Crippen molar-refractivity contribution in [3.05, 3.63) is 70.2 Å². The number of likely N-dealkylation sites (tertiary alicyclic amines) is 1. The molecule has 0 unspecified atom stereocenters. The molecule has 0 aliphatic carbocycles. The van der Waals surface area contributed by atoms with Gasteiger partial charge in [-0.05, 0) is 31.2 Å². The van der Waals surface area contributed by atoms with Gasteiger partial charge in [-0.2, -0.15) is 5.10 Å². The van der Waals surface area contributed by atoms with E-state index in [0.717, 1.165) is 0 Å². The van der Waals surface area contributed by atoms with Gasteiger partial charge < -0.3 is 15.0 Å². The maximum Gasteiger partial charge on any atom is 0.274 e. The smallest absolute Gasteiger partial charge is 0.274 e. The number of pyridine rings is 1. The van der Waals surface area contributed by atoms with Crippen LogP contribution in [0.5, 0.6) is 5.75 Å². The van der Waals surface area contributed by atoms with E-state index in [-0.39, 0.29) is 23.4 Å². The number of hydrogen-bond donors (Lipinski definition) is 2. The number of alkyl halides is 2. The molecule has 5 rings (SSSR count). The van der Waals surface area contributed by atoms with Crippen LogP contribution in [-0.2, 0) is 6.54 Å². The Labute approximate surface area is 196 Å². The number of nitrogens with zero attached hydrogens (tertiary/aromatic N) is 4. The lowest BCUT2D eigenvalue weighted by molar-refractivity contribution is -0.0419. The summed E-state index contributed by atoms with van der Waals surface area (Å²) in [5.41, 5.74) is 0.959. The molecule has 2 N–H and O–H groups in total. The van der Waals surface area contributed by atoms with Gasteiger partial charge in [-0.1, -0.05) is 6.07 Å². The number of ether oxygens (including phenoxy) is 1. The first-order valence-electron chi connectivity index (χ1n) is 10.9. The third-order valence-corrected chi connectivity index (χ3v) is 6.12. The summed E-state index contributed by atoms with van der Waals surface area (Å²) in [4.78, 5) is 32.6. The highest BCUT2D eigenvalue weighted by atomic mass is 19.3. The molecule has 35 heavy (non-hydrogen) atoms. The van der Waals surface area contributed by atoms with Crippen molar-refractivity contribution < 1.29 is 22.7 Å². The highest BCUT2D eigenvalue weighted by Gasteiger charge is 2.37. The Morgan fingerprint density at radius 3 is 2.80 bits per heavy atom. The number of H-pyrrole nitrogens is 1. The van der Waals surface area contributed by atoms with Crippen LogP contribution in [0.4, 0.5) is 13.2 Å². The van der Waals surface area contributed by atoms with Gasteiger partial charge in [0.15, 0.2) is 5.82 Å². The third-order valence-electron chi connectivity index (χ3n) is 6.12. The van der Waals surface area contributed by atoms with Crippen molar-refractivity contribution in [3.63, 3.8) is 0 Å². The van der Waals surface area contributed by atoms with E-state index in [1.54, 1.807) is 24.3 Å². The second kappa shape index (κ2) is 9.02. The van der Waals surface area contributed by atoms with E-state index < -0.39 is 30.3 Å².